The van der Waals surface area contributed by atoms with Crippen molar-refractivity contribution in [3.63, 3.8) is 0 Å². The lowest BCUT2D eigenvalue weighted by atomic mass is 10.2. The van der Waals surface area contributed by atoms with Gasteiger partial charge in [0.2, 0.25) is 6.79 Å². The highest BCUT2D eigenvalue weighted by Crippen LogP contribution is 2.32. The molecule has 0 radical (unpaired) electrons. The minimum absolute atomic E-state index is 0.186. The minimum atomic E-state index is -0.186. The van der Waals surface area contributed by atoms with Crippen molar-refractivity contribution in [2.24, 2.45) is 0 Å². The first-order valence-electron chi connectivity index (χ1n) is 6.32. The van der Waals surface area contributed by atoms with Crippen LogP contribution < -0.4 is 14.8 Å². The average Bonchev–Trinajstić information content (AvgIpc) is 3.12. The minimum Gasteiger partial charge on any atom is -0.454 e. The van der Waals surface area contributed by atoms with E-state index in [0.29, 0.717) is 23.6 Å². The summed E-state index contributed by atoms with van der Waals surface area (Å²) in [6, 6.07) is 5.10. The first-order chi connectivity index (χ1) is 9.78. The summed E-state index contributed by atoms with van der Waals surface area (Å²) in [5.74, 6) is 1.79. The van der Waals surface area contributed by atoms with Gasteiger partial charge in [-0.2, -0.15) is 0 Å². The molecule has 7 nitrogen and oxygen atoms in total. The molecule has 1 aromatic carbocycles. The van der Waals surface area contributed by atoms with E-state index < -0.39 is 0 Å². The fourth-order valence-corrected chi connectivity index (χ4v) is 1.98. The average molecular weight is 274 g/mol. The molecule has 1 aliphatic heterocycles. The summed E-state index contributed by atoms with van der Waals surface area (Å²) in [5, 5.41) is 10.6. The van der Waals surface area contributed by atoms with Gasteiger partial charge in [0.1, 0.15) is 6.33 Å². The van der Waals surface area contributed by atoms with Crippen molar-refractivity contribution in [3.05, 3.63) is 35.9 Å². The third kappa shape index (κ3) is 2.29. The number of carbonyl (C=O) groups is 1. The van der Waals surface area contributed by atoms with Crippen molar-refractivity contribution < 1.29 is 14.3 Å². The van der Waals surface area contributed by atoms with E-state index in [9.17, 15) is 4.79 Å². The number of aryl methyl sites for hydroxylation is 1. The van der Waals surface area contributed by atoms with E-state index in [1.165, 1.54) is 0 Å². The lowest BCUT2D eigenvalue weighted by Gasteiger charge is -2.06. The topological polar surface area (TPSA) is 78.3 Å². The van der Waals surface area contributed by atoms with Gasteiger partial charge in [0, 0.05) is 12.1 Å². The molecule has 0 unspecified atom stereocenters. The second kappa shape index (κ2) is 5.20. The number of fused-ring (bicyclic) bond motifs is 1. The molecule has 0 bridgehead atoms. The van der Waals surface area contributed by atoms with Gasteiger partial charge in [-0.1, -0.05) is 0 Å². The molecule has 0 saturated heterocycles. The predicted molar refractivity (Wildman–Crippen MR) is 69.4 cm³/mol. The van der Waals surface area contributed by atoms with Gasteiger partial charge in [0.25, 0.3) is 5.91 Å². The zero-order chi connectivity index (χ0) is 13.9. The Balaban J connectivity index is 1.67. The number of rotatable bonds is 4. The van der Waals surface area contributed by atoms with Crippen molar-refractivity contribution in [1.29, 1.82) is 0 Å². The van der Waals surface area contributed by atoms with Crippen molar-refractivity contribution in [3.8, 4) is 11.5 Å². The van der Waals surface area contributed by atoms with E-state index in [-0.39, 0.29) is 12.7 Å². The van der Waals surface area contributed by atoms with E-state index in [4.69, 9.17) is 9.47 Å². The summed E-state index contributed by atoms with van der Waals surface area (Å²) in [4.78, 5) is 12.1. The highest BCUT2D eigenvalue weighted by atomic mass is 16.7. The van der Waals surface area contributed by atoms with Crippen LogP contribution in [0.5, 0.6) is 11.5 Å². The van der Waals surface area contributed by atoms with E-state index in [2.05, 4.69) is 15.5 Å². The maximum atomic E-state index is 12.1. The molecule has 0 spiro atoms. The summed E-state index contributed by atoms with van der Waals surface area (Å²) in [7, 11) is 0. The molecule has 104 valence electrons. The van der Waals surface area contributed by atoms with E-state index in [1.807, 2.05) is 11.5 Å². The highest BCUT2D eigenvalue weighted by molar-refractivity contribution is 5.94. The summed E-state index contributed by atoms with van der Waals surface area (Å²) in [6.07, 6.45) is 1.64. The van der Waals surface area contributed by atoms with Crippen molar-refractivity contribution in [2.75, 3.05) is 6.79 Å². The monoisotopic (exact) mass is 274 g/mol. The smallest absolute Gasteiger partial charge is 0.251 e. The Hall–Kier alpha value is -2.57. The molecule has 1 aliphatic rings. The molecule has 7 heteroatoms. The van der Waals surface area contributed by atoms with Crippen molar-refractivity contribution >= 4 is 5.91 Å². The Morgan fingerprint density at radius 2 is 2.25 bits per heavy atom. The number of aromatic nitrogens is 3. The SMILES string of the molecule is CCn1cnnc1CNC(=O)c1ccc2c(c1)OCO2. The Morgan fingerprint density at radius 1 is 1.40 bits per heavy atom. The van der Waals surface area contributed by atoms with E-state index in [1.54, 1.807) is 24.5 Å². The molecule has 0 aliphatic carbocycles. The van der Waals surface area contributed by atoms with Crippen LogP contribution in [0.3, 0.4) is 0 Å². The van der Waals surface area contributed by atoms with Gasteiger partial charge in [-0.05, 0) is 25.1 Å². The third-order valence-electron chi connectivity index (χ3n) is 3.08. The Labute approximate surface area is 115 Å². The maximum Gasteiger partial charge on any atom is 0.251 e. The molecule has 3 rings (SSSR count). The van der Waals surface area contributed by atoms with Gasteiger partial charge in [0.15, 0.2) is 17.3 Å². The second-order valence-electron chi connectivity index (χ2n) is 4.28. The molecule has 0 saturated carbocycles. The number of amides is 1. The fourth-order valence-electron chi connectivity index (χ4n) is 1.98. The Bertz CT molecular complexity index is 638. The summed E-state index contributed by atoms with van der Waals surface area (Å²) in [6.45, 7) is 3.29. The Kier molecular flexibility index (Phi) is 3.24. The quantitative estimate of drug-likeness (QED) is 0.898. The van der Waals surface area contributed by atoms with Crippen LogP contribution in [-0.4, -0.2) is 27.5 Å². The van der Waals surface area contributed by atoms with Gasteiger partial charge in [-0.25, -0.2) is 0 Å². The number of nitrogens with one attached hydrogen (secondary N) is 1. The molecule has 1 aromatic heterocycles. The molecule has 0 fully saturated rings. The largest absolute Gasteiger partial charge is 0.454 e. The van der Waals surface area contributed by atoms with Gasteiger partial charge in [-0.15, -0.1) is 10.2 Å². The first-order valence-corrected chi connectivity index (χ1v) is 6.32. The third-order valence-corrected chi connectivity index (χ3v) is 3.08. The highest BCUT2D eigenvalue weighted by Gasteiger charge is 2.16. The zero-order valence-electron chi connectivity index (χ0n) is 11.0. The first kappa shape index (κ1) is 12.5. The number of hydrogen-bond donors (Lipinski definition) is 1. The molecular formula is C13H14N4O3. The van der Waals surface area contributed by atoms with Crippen LogP contribution in [0.4, 0.5) is 0 Å². The Morgan fingerprint density at radius 3 is 3.10 bits per heavy atom. The van der Waals surface area contributed by atoms with Crippen LogP contribution in [0.25, 0.3) is 0 Å². The number of hydrogen-bond acceptors (Lipinski definition) is 5. The number of carbonyl (C=O) groups excluding carboxylic acids is 1. The molecule has 2 heterocycles. The molecule has 1 N–H and O–H groups in total. The standard InChI is InChI=1S/C13H14N4O3/c1-2-17-7-15-16-12(17)6-14-13(18)9-3-4-10-11(5-9)20-8-19-10/h3-5,7H,2,6,8H2,1H3,(H,14,18). The molecule has 2 aromatic rings. The van der Waals surface area contributed by atoms with Crippen LogP contribution >= 0.6 is 0 Å². The molecule has 20 heavy (non-hydrogen) atoms. The van der Waals surface area contributed by atoms with Crippen molar-refractivity contribution in [2.45, 2.75) is 20.0 Å². The summed E-state index contributed by atoms with van der Waals surface area (Å²) in [5.41, 5.74) is 0.525. The van der Waals surface area contributed by atoms with Crippen molar-refractivity contribution in [1.82, 2.24) is 20.1 Å². The zero-order valence-corrected chi connectivity index (χ0v) is 11.0. The molecule has 1 amide bonds. The number of ether oxygens (including phenoxy) is 2. The summed E-state index contributed by atoms with van der Waals surface area (Å²) < 4.78 is 12.3. The van der Waals surface area contributed by atoms with Gasteiger partial charge >= 0.3 is 0 Å². The molecular weight excluding hydrogens is 260 g/mol. The van der Waals surface area contributed by atoms with Crippen LogP contribution in [0.1, 0.15) is 23.1 Å². The van der Waals surface area contributed by atoms with Gasteiger partial charge in [0.05, 0.1) is 6.54 Å². The van der Waals surface area contributed by atoms with Gasteiger partial charge in [-0.3, -0.25) is 4.79 Å². The molecule has 0 atom stereocenters. The number of benzene rings is 1. The van der Waals surface area contributed by atoms with Crippen LogP contribution in [-0.2, 0) is 13.1 Å². The predicted octanol–water partition coefficient (Wildman–Crippen LogP) is 0.957. The van der Waals surface area contributed by atoms with Crippen LogP contribution in [0.15, 0.2) is 24.5 Å². The van der Waals surface area contributed by atoms with E-state index >= 15 is 0 Å². The lowest BCUT2D eigenvalue weighted by molar-refractivity contribution is 0.0949. The fraction of sp³-hybridized carbons (Fsp3) is 0.308. The van der Waals surface area contributed by atoms with Crippen LogP contribution in [0.2, 0.25) is 0 Å². The number of nitrogens with zero attached hydrogens (tertiary/aromatic N) is 3. The van der Waals surface area contributed by atoms with E-state index in [0.717, 1.165) is 12.4 Å². The normalized spacial score (nSPS) is 12.4. The maximum absolute atomic E-state index is 12.1. The summed E-state index contributed by atoms with van der Waals surface area (Å²) >= 11 is 0. The second-order valence-corrected chi connectivity index (χ2v) is 4.28. The van der Waals surface area contributed by atoms with Crippen LogP contribution in [0, 0.1) is 0 Å². The lowest BCUT2D eigenvalue weighted by Crippen LogP contribution is -2.24. The van der Waals surface area contributed by atoms with Gasteiger partial charge < -0.3 is 19.4 Å².